The predicted molar refractivity (Wildman–Crippen MR) is 162 cm³/mol. The van der Waals surface area contributed by atoms with Crippen LogP contribution in [0.25, 0.3) is 18.2 Å². The van der Waals surface area contributed by atoms with Crippen molar-refractivity contribution in [3.63, 3.8) is 0 Å². The maximum Gasteiger partial charge on any atom is 0.332 e. The molecule has 0 aliphatic carbocycles. The van der Waals surface area contributed by atoms with Crippen LogP contribution in [0.15, 0.2) is 82.5 Å². The van der Waals surface area contributed by atoms with Crippen LogP contribution in [0.4, 0.5) is 18.4 Å². The van der Waals surface area contributed by atoms with Crippen molar-refractivity contribution in [3.05, 3.63) is 101 Å². The number of nitrogens with one attached hydrogen (secondary N) is 2. The third-order valence-electron chi connectivity index (χ3n) is 5.65. The largest absolute Gasteiger partial charge is 0.504 e. The van der Waals surface area contributed by atoms with Crippen molar-refractivity contribution >= 4 is 41.7 Å². The SMILES string of the molecule is COc1cc(/C=C/C(=NNC(N)=O)C(=Cc2ccc(F)c(F)c2)C(/C=C/c2ccc(O)c(OC)c2)=NNC(N)=O)ccc1O. The van der Waals surface area contributed by atoms with Gasteiger partial charge >= 0.3 is 12.1 Å². The minimum atomic E-state index is -1.14. The number of hydrogen-bond donors (Lipinski definition) is 6. The molecule has 3 aromatic carbocycles. The smallest absolute Gasteiger partial charge is 0.332 e. The van der Waals surface area contributed by atoms with Crippen molar-refractivity contribution in [1.29, 1.82) is 0 Å². The van der Waals surface area contributed by atoms with Gasteiger partial charge in [0, 0.05) is 5.57 Å². The first-order chi connectivity index (χ1) is 21.0. The van der Waals surface area contributed by atoms with Crippen molar-refractivity contribution in [3.8, 4) is 23.0 Å². The number of rotatable bonds is 11. The molecule has 0 bridgehead atoms. The van der Waals surface area contributed by atoms with E-state index in [0.29, 0.717) is 11.1 Å². The van der Waals surface area contributed by atoms with Crippen LogP contribution >= 0.6 is 0 Å². The number of methoxy groups -OCH3 is 2. The lowest BCUT2D eigenvalue weighted by Gasteiger charge is -2.11. The molecule has 0 spiro atoms. The fourth-order valence-corrected chi connectivity index (χ4v) is 3.60. The van der Waals surface area contributed by atoms with Gasteiger partial charge in [-0.3, -0.25) is 0 Å². The maximum absolute atomic E-state index is 14.2. The van der Waals surface area contributed by atoms with E-state index in [1.807, 2.05) is 0 Å². The van der Waals surface area contributed by atoms with E-state index in [1.165, 1.54) is 74.9 Å². The highest BCUT2D eigenvalue weighted by molar-refractivity contribution is 6.35. The van der Waals surface area contributed by atoms with Crippen LogP contribution in [-0.4, -0.2) is 47.9 Å². The van der Waals surface area contributed by atoms with Crippen molar-refractivity contribution in [2.45, 2.75) is 0 Å². The summed E-state index contributed by atoms with van der Waals surface area (Å²) in [5.41, 5.74) is 15.9. The molecule has 44 heavy (non-hydrogen) atoms. The van der Waals surface area contributed by atoms with Crippen LogP contribution in [0, 0.1) is 11.6 Å². The molecule has 0 fully saturated rings. The van der Waals surface area contributed by atoms with E-state index in [9.17, 15) is 28.6 Å². The minimum absolute atomic E-state index is 0.0291. The number of aromatic hydroxyl groups is 2. The average Bonchev–Trinajstić information content (AvgIpc) is 2.99. The Bertz CT molecular complexity index is 1610. The van der Waals surface area contributed by atoms with E-state index in [-0.39, 0.29) is 45.6 Å². The number of hydrogen-bond acceptors (Lipinski definition) is 8. The number of halogens is 2. The first kappa shape index (κ1) is 32.3. The summed E-state index contributed by atoms with van der Waals surface area (Å²) in [5.74, 6) is -2.07. The molecule has 228 valence electrons. The number of amides is 4. The molecule has 0 unspecified atom stereocenters. The number of primary amides is 2. The Morgan fingerprint density at radius 3 is 1.59 bits per heavy atom. The van der Waals surface area contributed by atoms with Gasteiger partial charge in [0.1, 0.15) is 0 Å². The van der Waals surface area contributed by atoms with Crippen LogP contribution < -0.4 is 31.8 Å². The highest BCUT2D eigenvalue weighted by Gasteiger charge is 2.15. The molecule has 3 aromatic rings. The number of phenols is 2. The summed E-state index contributed by atoms with van der Waals surface area (Å²) in [4.78, 5) is 23.2. The number of phenolic OH excluding ortho intramolecular Hbond substituents is 2. The zero-order valence-corrected chi connectivity index (χ0v) is 23.4. The first-order valence-corrected chi connectivity index (χ1v) is 12.5. The zero-order valence-electron chi connectivity index (χ0n) is 23.4. The van der Waals surface area contributed by atoms with E-state index in [0.717, 1.165) is 12.1 Å². The van der Waals surface area contributed by atoms with Crippen LogP contribution in [0.1, 0.15) is 16.7 Å². The van der Waals surface area contributed by atoms with Gasteiger partial charge in [0.05, 0.1) is 25.6 Å². The fourth-order valence-electron chi connectivity index (χ4n) is 3.60. The van der Waals surface area contributed by atoms with E-state index in [1.54, 1.807) is 12.1 Å². The summed E-state index contributed by atoms with van der Waals surface area (Å²) in [5, 5.41) is 28.0. The second-order valence-corrected chi connectivity index (χ2v) is 8.71. The molecule has 0 heterocycles. The third kappa shape index (κ3) is 9.17. The molecule has 0 aliphatic heterocycles. The number of hydrazone groups is 2. The number of carbonyl (C=O) groups is 2. The van der Waals surface area contributed by atoms with Gasteiger partial charge in [0.2, 0.25) is 0 Å². The monoisotopic (exact) mass is 606 g/mol. The molecular weight excluding hydrogens is 578 g/mol. The molecule has 0 aromatic heterocycles. The Kier molecular flexibility index (Phi) is 11.1. The van der Waals surface area contributed by atoms with Crippen LogP contribution in [0.5, 0.6) is 23.0 Å². The number of carbonyl (C=O) groups excluding carboxylic acids is 2. The molecule has 3 rings (SSSR count). The van der Waals surface area contributed by atoms with E-state index in [2.05, 4.69) is 21.1 Å². The van der Waals surface area contributed by atoms with Gasteiger partial charge in [-0.1, -0.05) is 30.4 Å². The number of nitrogens with zero attached hydrogens (tertiary/aromatic N) is 2. The second kappa shape index (κ2) is 15.2. The number of urea groups is 2. The zero-order chi connectivity index (χ0) is 32.2. The number of nitrogens with two attached hydrogens (primary N) is 2. The van der Waals surface area contributed by atoms with Gasteiger partial charge in [0.15, 0.2) is 34.6 Å². The van der Waals surface area contributed by atoms with E-state index >= 15 is 0 Å². The third-order valence-corrected chi connectivity index (χ3v) is 5.65. The highest BCUT2D eigenvalue weighted by Crippen LogP contribution is 2.28. The molecule has 0 radical (unpaired) electrons. The van der Waals surface area contributed by atoms with Gasteiger partial charge in [-0.25, -0.2) is 29.2 Å². The van der Waals surface area contributed by atoms with Crippen LogP contribution in [0.3, 0.4) is 0 Å². The van der Waals surface area contributed by atoms with Crippen molar-refractivity contribution in [1.82, 2.24) is 10.9 Å². The van der Waals surface area contributed by atoms with E-state index < -0.39 is 23.7 Å². The fraction of sp³-hybridized carbons (Fsp3) is 0.0667. The summed E-state index contributed by atoms with van der Waals surface area (Å²) in [6.45, 7) is 0. The Balaban J connectivity index is 2.26. The first-order valence-electron chi connectivity index (χ1n) is 12.5. The number of allylic oxidation sites excluding steroid dienone is 3. The molecule has 14 heteroatoms. The predicted octanol–water partition coefficient (Wildman–Crippen LogP) is 4.25. The lowest BCUT2D eigenvalue weighted by atomic mass is 9.99. The number of benzene rings is 3. The van der Waals surface area contributed by atoms with E-state index in [4.69, 9.17) is 20.9 Å². The standard InChI is InChI=1S/C30H28F2N6O6/c1-43-27-15-17(6-11-25(27)39)4-9-23(35-37-29(33)41)20(13-19-3-8-21(31)22(32)14-19)24(36-38-30(34)42)10-5-18-7-12-26(40)28(16-18)44-2/h3-16,39-40H,1-2H3,(H3,33,37,41)(H3,34,38,42)/b9-4+,10-5+,20-13?,35-23?,36-24?. The summed E-state index contributed by atoms with van der Waals surface area (Å²) >= 11 is 0. The summed E-state index contributed by atoms with van der Waals surface area (Å²) in [6.07, 6.45) is 7.27. The molecule has 0 atom stereocenters. The maximum atomic E-state index is 14.2. The molecular formula is C30H28F2N6O6. The topological polar surface area (TPSA) is 194 Å². The van der Waals surface area contributed by atoms with Crippen molar-refractivity contribution in [2.24, 2.45) is 21.7 Å². The summed E-state index contributed by atoms with van der Waals surface area (Å²) in [6, 6.07) is 10.0. The molecule has 12 nitrogen and oxygen atoms in total. The highest BCUT2D eigenvalue weighted by atomic mass is 19.2. The molecule has 8 N–H and O–H groups in total. The normalized spacial score (nSPS) is 11.8. The summed E-state index contributed by atoms with van der Waals surface area (Å²) < 4.78 is 38.2. The number of ether oxygens (including phenoxy) is 2. The van der Waals surface area contributed by atoms with Crippen LogP contribution in [-0.2, 0) is 0 Å². The van der Waals surface area contributed by atoms with Gasteiger partial charge in [0.25, 0.3) is 0 Å². The quantitative estimate of drug-likeness (QED) is 0.139. The molecule has 0 aliphatic rings. The van der Waals surface area contributed by atoms with Gasteiger partial charge in [-0.05, 0) is 71.3 Å². The minimum Gasteiger partial charge on any atom is -0.504 e. The molecule has 0 saturated heterocycles. The molecule has 4 amide bonds. The van der Waals surface area contributed by atoms with Crippen molar-refractivity contribution in [2.75, 3.05) is 14.2 Å². The van der Waals surface area contributed by atoms with Gasteiger partial charge < -0.3 is 31.2 Å². The molecule has 0 saturated carbocycles. The van der Waals surface area contributed by atoms with Gasteiger partial charge in [-0.15, -0.1) is 0 Å². The lowest BCUT2D eigenvalue weighted by molar-refractivity contribution is 0.248. The summed E-state index contributed by atoms with van der Waals surface area (Å²) in [7, 11) is 2.75. The Morgan fingerprint density at radius 2 is 1.18 bits per heavy atom. The second-order valence-electron chi connectivity index (χ2n) is 8.71. The van der Waals surface area contributed by atoms with Crippen LogP contribution in [0.2, 0.25) is 0 Å². The van der Waals surface area contributed by atoms with Crippen molar-refractivity contribution < 1.29 is 38.1 Å². The Labute approximate surface area is 250 Å². The average molecular weight is 607 g/mol. The Hall–Kier alpha value is -6.18. The van der Waals surface area contributed by atoms with Gasteiger partial charge in [-0.2, -0.15) is 10.2 Å². The lowest BCUT2D eigenvalue weighted by Crippen LogP contribution is -2.28. The Morgan fingerprint density at radius 1 is 0.727 bits per heavy atom.